The van der Waals surface area contributed by atoms with E-state index in [1.807, 2.05) is 12.1 Å². The van der Waals surface area contributed by atoms with Crippen LogP contribution in [0.5, 0.6) is 11.6 Å². The maximum absolute atomic E-state index is 8.55. The average molecular weight is 226 g/mol. The normalized spacial score (nSPS) is 9.59. The van der Waals surface area contributed by atoms with Gasteiger partial charge in [0.05, 0.1) is 18.7 Å². The number of rotatable bonds is 3. The molecule has 0 saturated carbocycles. The molecule has 1 aromatic carbocycles. The van der Waals surface area contributed by atoms with Crippen molar-refractivity contribution in [2.24, 2.45) is 0 Å². The van der Waals surface area contributed by atoms with Crippen molar-refractivity contribution in [2.75, 3.05) is 5.73 Å². The predicted octanol–water partition coefficient (Wildman–Crippen LogP) is 1.92. The molecule has 1 heterocycles. The van der Waals surface area contributed by atoms with E-state index in [0.29, 0.717) is 23.7 Å². The van der Waals surface area contributed by atoms with Crippen LogP contribution in [0.15, 0.2) is 36.8 Å². The van der Waals surface area contributed by atoms with E-state index in [1.165, 1.54) is 12.5 Å². The molecule has 0 amide bonds. The molecule has 17 heavy (non-hydrogen) atoms. The first-order chi connectivity index (χ1) is 8.29. The van der Waals surface area contributed by atoms with Crippen molar-refractivity contribution in [1.29, 1.82) is 5.26 Å². The summed E-state index contributed by atoms with van der Waals surface area (Å²) in [6, 6.07) is 9.28. The third kappa shape index (κ3) is 2.69. The minimum Gasteiger partial charge on any atom is -0.437 e. The van der Waals surface area contributed by atoms with Crippen LogP contribution in [-0.4, -0.2) is 9.97 Å². The zero-order valence-corrected chi connectivity index (χ0v) is 9.00. The van der Waals surface area contributed by atoms with Crippen LogP contribution in [0.3, 0.4) is 0 Å². The van der Waals surface area contributed by atoms with Gasteiger partial charge in [-0.05, 0) is 17.7 Å². The van der Waals surface area contributed by atoms with Gasteiger partial charge in [-0.15, -0.1) is 0 Å². The zero-order chi connectivity index (χ0) is 12.1. The standard InChI is InChI=1S/C12H10N4O/c13-6-5-9-1-3-10(4-2-9)17-12-11(14)7-15-8-16-12/h1-4,7-8H,5,14H2. The van der Waals surface area contributed by atoms with Crippen LogP contribution < -0.4 is 10.5 Å². The van der Waals surface area contributed by atoms with Crippen molar-refractivity contribution in [3.63, 3.8) is 0 Å². The molecule has 0 radical (unpaired) electrons. The van der Waals surface area contributed by atoms with Crippen LogP contribution in [0.2, 0.25) is 0 Å². The maximum Gasteiger partial charge on any atom is 0.245 e. The van der Waals surface area contributed by atoms with Crippen molar-refractivity contribution < 1.29 is 4.74 Å². The molecule has 84 valence electrons. The van der Waals surface area contributed by atoms with E-state index in [4.69, 9.17) is 15.7 Å². The molecule has 0 aliphatic rings. The van der Waals surface area contributed by atoms with Gasteiger partial charge in [-0.2, -0.15) is 10.2 Å². The molecule has 0 atom stereocenters. The lowest BCUT2D eigenvalue weighted by Gasteiger charge is -2.06. The summed E-state index contributed by atoms with van der Waals surface area (Å²) >= 11 is 0. The van der Waals surface area contributed by atoms with Crippen molar-refractivity contribution in [1.82, 2.24) is 9.97 Å². The van der Waals surface area contributed by atoms with E-state index in [9.17, 15) is 0 Å². The first-order valence-electron chi connectivity index (χ1n) is 4.99. The fourth-order valence-electron chi connectivity index (χ4n) is 1.29. The molecule has 0 aliphatic heterocycles. The van der Waals surface area contributed by atoms with Gasteiger partial charge in [0, 0.05) is 0 Å². The van der Waals surface area contributed by atoms with Gasteiger partial charge in [-0.3, -0.25) is 0 Å². The van der Waals surface area contributed by atoms with Gasteiger partial charge in [0.15, 0.2) is 0 Å². The lowest BCUT2D eigenvalue weighted by molar-refractivity contribution is 0.464. The van der Waals surface area contributed by atoms with Crippen LogP contribution in [-0.2, 0) is 6.42 Å². The lowest BCUT2D eigenvalue weighted by Crippen LogP contribution is -1.95. The van der Waals surface area contributed by atoms with Crippen molar-refractivity contribution >= 4 is 5.69 Å². The number of aromatic nitrogens is 2. The monoisotopic (exact) mass is 226 g/mol. The summed E-state index contributed by atoms with van der Waals surface area (Å²) in [6.45, 7) is 0. The number of nitrogens with two attached hydrogens (primary N) is 1. The highest BCUT2D eigenvalue weighted by Gasteiger charge is 2.03. The van der Waals surface area contributed by atoms with Gasteiger partial charge < -0.3 is 10.5 Å². The summed E-state index contributed by atoms with van der Waals surface area (Å²) in [7, 11) is 0. The molecule has 0 fully saturated rings. The van der Waals surface area contributed by atoms with E-state index >= 15 is 0 Å². The number of nitriles is 1. The Hall–Kier alpha value is -2.61. The number of nitrogen functional groups attached to an aromatic ring is 1. The first kappa shape index (κ1) is 10.9. The molecule has 0 bridgehead atoms. The van der Waals surface area contributed by atoms with E-state index in [-0.39, 0.29) is 0 Å². The Kier molecular flexibility index (Phi) is 3.17. The largest absolute Gasteiger partial charge is 0.437 e. The summed E-state index contributed by atoms with van der Waals surface area (Å²) < 4.78 is 5.48. The fourth-order valence-corrected chi connectivity index (χ4v) is 1.29. The number of hydrogen-bond donors (Lipinski definition) is 1. The van der Waals surface area contributed by atoms with E-state index in [1.54, 1.807) is 12.1 Å². The van der Waals surface area contributed by atoms with E-state index < -0.39 is 0 Å². The molecule has 2 rings (SSSR count). The van der Waals surface area contributed by atoms with Gasteiger partial charge >= 0.3 is 0 Å². The number of anilines is 1. The average Bonchev–Trinajstić information content (AvgIpc) is 2.35. The molecule has 0 unspecified atom stereocenters. The zero-order valence-electron chi connectivity index (χ0n) is 9.00. The second kappa shape index (κ2) is 4.94. The number of benzene rings is 1. The van der Waals surface area contributed by atoms with Gasteiger partial charge in [-0.25, -0.2) is 4.98 Å². The minimum atomic E-state index is 0.327. The van der Waals surface area contributed by atoms with Gasteiger partial charge in [-0.1, -0.05) is 12.1 Å². The molecule has 0 aliphatic carbocycles. The maximum atomic E-state index is 8.55. The summed E-state index contributed by atoms with van der Waals surface area (Å²) in [5, 5.41) is 8.55. The third-order valence-corrected chi connectivity index (χ3v) is 2.12. The Morgan fingerprint density at radius 2 is 2.06 bits per heavy atom. The van der Waals surface area contributed by atoms with Crippen LogP contribution in [0, 0.1) is 11.3 Å². The predicted molar refractivity (Wildman–Crippen MR) is 62.3 cm³/mol. The lowest BCUT2D eigenvalue weighted by atomic mass is 10.2. The second-order valence-electron chi connectivity index (χ2n) is 3.36. The molecule has 5 nitrogen and oxygen atoms in total. The SMILES string of the molecule is N#CCc1ccc(Oc2ncncc2N)cc1. The van der Waals surface area contributed by atoms with Crippen LogP contribution in [0.1, 0.15) is 5.56 Å². The Morgan fingerprint density at radius 3 is 2.71 bits per heavy atom. The topological polar surface area (TPSA) is 84.8 Å². The van der Waals surface area contributed by atoms with Gasteiger partial charge in [0.1, 0.15) is 17.8 Å². The summed E-state index contributed by atoms with van der Waals surface area (Å²) in [5.74, 6) is 0.949. The van der Waals surface area contributed by atoms with Crippen LogP contribution in [0.25, 0.3) is 0 Å². The van der Waals surface area contributed by atoms with E-state index in [0.717, 1.165) is 5.56 Å². The summed E-state index contributed by atoms with van der Waals surface area (Å²) in [6.07, 6.45) is 3.23. The molecule has 2 N–H and O–H groups in total. The highest BCUT2D eigenvalue weighted by molar-refractivity contribution is 5.47. The minimum absolute atomic E-state index is 0.327. The third-order valence-electron chi connectivity index (χ3n) is 2.12. The van der Waals surface area contributed by atoms with Crippen molar-refractivity contribution in [3.8, 4) is 17.7 Å². The van der Waals surface area contributed by atoms with E-state index in [2.05, 4.69) is 16.0 Å². The van der Waals surface area contributed by atoms with Crippen LogP contribution >= 0.6 is 0 Å². The fraction of sp³-hybridized carbons (Fsp3) is 0.0833. The number of nitrogens with zero attached hydrogens (tertiary/aromatic N) is 3. The highest BCUT2D eigenvalue weighted by Crippen LogP contribution is 2.23. The quantitative estimate of drug-likeness (QED) is 0.864. The molecular formula is C12H10N4O. The number of hydrogen-bond acceptors (Lipinski definition) is 5. The van der Waals surface area contributed by atoms with Gasteiger partial charge in [0.25, 0.3) is 0 Å². The first-order valence-corrected chi connectivity index (χ1v) is 4.99. The molecule has 0 spiro atoms. The number of ether oxygens (including phenoxy) is 1. The van der Waals surface area contributed by atoms with Crippen LogP contribution in [0.4, 0.5) is 5.69 Å². The molecule has 0 saturated heterocycles. The second-order valence-corrected chi connectivity index (χ2v) is 3.36. The Bertz CT molecular complexity index is 545. The Labute approximate surface area is 98.5 Å². The summed E-state index contributed by atoms with van der Waals surface area (Å²) in [4.78, 5) is 7.69. The molecule has 1 aromatic heterocycles. The highest BCUT2D eigenvalue weighted by atomic mass is 16.5. The Morgan fingerprint density at radius 1 is 1.29 bits per heavy atom. The Balaban J connectivity index is 2.15. The molecule has 2 aromatic rings. The smallest absolute Gasteiger partial charge is 0.245 e. The van der Waals surface area contributed by atoms with Gasteiger partial charge in [0.2, 0.25) is 5.88 Å². The molecule has 5 heteroatoms. The molecular weight excluding hydrogens is 216 g/mol. The van der Waals surface area contributed by atoms with Crippen molar-refractivity contribution in [2.45, 2.75) is 6.42 Å². The van der Waals surface area contributed by atoms with Crippen molar-refractivity contribution in [3.05, 3.63) is 42.4 Å². The summed E-state index contributed by atoms with van der Waals surface area (Å²) in [5.41, 5.74) is 6.98.